The van der Waals surface area contributed by atoms with E-state index in [1.54, 1.807) is 0 Å². The van der Waals surface area contributed by atoms with Crippen LogP contribution in [0.25, 0.3) is 11.4 Å². The maximum Gasteiger partial charge on any atom is 0.163 e. The van der Waals surface area contributed by atoms with Crippen molar-refractivity contribution in [1.82, 2.24) is 14.9 Å². The van der Waals surface area contributed by atoms with Gasteiger partial charge in [-0.15, -0.1) is 0 Å². The van der Waals surface area contributed by atoms with E-state index in [1.165, 1.54) is 0 Å². The lowest BCUT2D eigenvalue weighted by Crippen LogP contribution is -2.44. The number of hydrogen-bond acceptors (Lipinski definition) is 5. The third kappa shape index (κ3) is 4.17. The van der Waals surface area contributed by atoms with Crippen molar-refractivity contribution in [3.8, 4) is 11.4 Å². The summed E-state index contributed by atoms with van der Waals surface area (Å²) in [4.78, 5) is 14.0. The van der Waals surface area contributed by atoms with E-state index < -0.39 is 0 Å². The summed E-state index contributed by atoms with van der Waals surface area (Å²) in [5.41, 5.74) is 2.00. The van der Waals surface area contributed by atoms with E-state index >= 15 is 0 Å². The second kappa shape index (κ2) is 8.80. The second-order valence-corrected chi connectivity index (χ2v) is 7.14. The van der Waals surface area contributed by atoms with Crippen molar-refractivity contribution in [2.75, 3.05) is 38.2 Å². The van der Waals surface area contributed by atoms with Crippen LogP contribution < -0.4 is 4.90 Å². The Morgan fingerprint density at radius 2 is 1.88 bits per heavy atom. The van der Waals surface area contributed by atoms with Gasteiger partial charge in [0.25, 0.3) is 0 Å². The van der Waals surface area contributed by atoms with Crippen LogP contribution in [0.3, 0.4) is 0 Å². The zero-order valence-corrected chi connectivity index (χ0v) is 16.3. The molecule has 1 aromatic carbocycles. The van der Waals surface area contributed by atoms with Gasteiger partial charge in [-0.2, -0.15) is 0 Å². The van der Waals surface area contributed by atoms with E-state index in [0.717, 1.165) is 55.8 Å². The van der Waals surface area contributed by atoms with E-state index in [0.29, 0.717) is 17.0 Å². The fourth-order valence-corrected chi connectivity index (χ4v) is 3.88. The Morgan fingerprint density at radius 1 is 1.19 bits per heavy atom. The Bertz CT molecular complexity index is 717. The molecule has 0 saturated carbocycles. The van der Waals surface area contributed by atoms with Crippen LogP contribution in [0.4, 0.5) is 5.82 Å². The van der Waals surface area contributed by atoms with Crippen LogP contribution in [0.5, 0.6) is 0 Å². The lowest BCUT2D eigenvalue weighted by atomic mass is 10.0. The first-order valence-electron chi connectivity index (χ1n) is 9.32. The van der Waals surface area contributed by atoms with Crippen molar-refractivity contribution in [2.45, 2.75) is 32.2 Å². The van der Waals surface area contributed by atoms with Crippen molar-refractivity contribution in [1.29, 1.82) is 0 Å². The molecular weight excluding hydrogens is 348 g/mol. The summed E-state index contributed by atoms with van der Waals surface area (Å²) < 4.78 is 0. The third-order valence-corrected chi connectivity index (χ3v) is 5.47. The molecule has 0 spiro atoms. The predicted octanol–water partition coefficient (Wildman–Crippen LogP) is 3.25. The molecular formula is C20H27ClN4O. The van der Waals surface area contributed by atoms with Gasteiger partial charge in [0.1, 0.15) is 11.0 Å². The minimum atomic E-state index is 0.207. The first-order chi connectivity index (χ1) is 12.6. The molecule has 2 heterocycles. The standard InChI is InChI=1S/C20H27ClN4O/c1-3-17-18(21)22-19(15-7-5-4-6-8-15)23-20(17)25-11-9-16(10-12-25)24(2)13-14-26/h4-8,16,26H,3,9-14H2,1-2H3. The number of anilines is 1. The maximum atomic E-state index is 9.15. The average Bonchev–Trinajstić information content (AvgIpc) is 2.68. The van der Waals surface area contributed by atoms with Gasteiger partial charge < -0.3 is 14.9 Å². The summed E-state index contributed by atoms with van der Waals surface area (Å²) in [6.07, 6.45) is 2.93. The minimum Gasteiger partial charge on any atom is -0.395 e. The molecule has 0 aliphatic carbocycles. The highest BCUT2D eigenvalue weighted by molar-refractivity contribution is 6.30. The summed E-state index contributed by atoms with van der Waals surface area (Å²) in [6.45, 7) is 4.91. The number of benzene rings is 1. The number of halogens is 1. The van der Waals surface area contributed by atoms with Gasteiger partial charge in [0.2, 0.25) is 0 Å². The van der Waals surface area contributed by atoms with Crippen molar-refractivity contribution in [3.63, 3.8) is 0 Å². The topological polar surface area (TPSA) is 52.5 Å². The number of likely N-dealkylation sites (N-methyl/N-ethyl adjacent to an activating group) is 1. The molecule has 1 aliphatic rings. The fourth-order valence-electron chi connectivity index (χ4n) is 3.59. The van der Waals surface area contributed by atoms with Gasteiger partial charge in [-0.1, -0.05) is 48.9 Å². The van der Waals surface area contributed by atoms with Crippen LogP contribution in [0.2, 0.25) is 5.15 Å². The Hall–Kier alpha value is -1.69. The van der Waals surface area contributed by atoms with Gasteiger partial charge in [-0.25, -0.2) is 9.97 Å². The number of aliphatic hydroxyl groups is 1. The maximum absolute atomic E-state index is 9.15. The Kier molecular flexibility index (Phi) is 6.46. The molecule has 0 atom stereocenters. The van der Waals surface area contributed by atoms with E-state index in [2.05, 4.69) is 28.8 Å². The smallest absolute Gasteiger partial charge is 0.163 e. The monoisotopic (exact) mass is 374 g/mol. The molecule has 26 heavy (non-hydrogen) atoms. The Balaban J connectivity index is 1.84. The molecule has 0 radical (unpaired) electrons. The van der Waals surface area contributed by atoms with Crippen molar-refractivity contribution in [3.05, 3.63) is 41.0 Å². The first-order valence-corrected chi connectivity index (χ1v) is 9.69. The lowest BCUT2D eigenvalue weighted by Gasteiger charge is -2.37. The lowest BCUT2D eigenvalue weighted by molar-refractivity contribution is 0.161. The molecule has 1 aromatic heterocycles. The highest BCUT2D eigenvalue weighted by Crippen LogP contribution is 2.30. The summed E-state index contributed by atoms with van der Waals surface area (Å²) in [5, 5.41) is 9.70. The molecule has 2 aromatic rings. The fraction of sp³-hybridized carbons (Fsp3) is 0.500. The van der Waals surface area contributed by atoms with E-state index in [1.807, 2.05) is 30.3 Å². The molecule has 1 fully saturated rings. The highest BCUT2D eigenvalue weighted by atomic mass is 35.5. The van der Waals surface area contributed by atoms with Crippen LogP contribution in [-0.4, -0.2) is 59.3 Å². The van der Waals surface area contributed by atoms with Crippen LogP contribution in [0, 0.1) is 0 Å². The van der Waals surface area contributed by atoms with Crippen LogP contribution in [0.15, 0.2) is 30.3 Å². The Labute approximate surface area is 160 Å². The van der Waals surface area contributed by atoms with Gasteiger partial charge in [-0.05, 0) is 26.3 Å². The number of hydrogen-bond donors (Lipinski definition) is 1. The number of aromatic nitrogens is 2. The SMILES string of the molecule is CCc1c(Cl)nc(-c2ccccc2)nc1N1CCC(N(C)CCO)CC1. The first kappa shape index (κ1) is 19.1. The predicted molar refractivity (Wildman–Crippen MR) is 107 cm³/mol. The number of nitrogens with zero attached hydrogens (tertiary/aromatic N) is 4. The van der Waals surface area contributed by atoms with Crippen molar-refractivity contribution in [2.24, 2.45) is 0 Å². The molecule has 0 unspecified atom stereocenters. The van der Waals surface area contributed by atoms with Crippen LogP contribution >= 0.6 is 11.6 Å². The zero-order chi connectivity index (χ0) is 18.5. The van der Waals surface area contributed by atoms with Gasteiger partial charge in [-0.3, -0.25) is 0 Å². The van der Waals surface area contributed by atoms with E-state index in [4.69, 9.17) is 21.7 Å². The normalized spacial score (nSPS) is 15.7. The van der Waals surface area contributed by atoms with Gasteiger partial charge in [0.05, 0.1) is 6.61 Å². The number of rotatable bonds is 6. The highest BCUT2D eigenvalue weighted by Gasteiger charge is 2.25. The van der Waals surface area contributed by atoms with Gasteiger partial charge in [0.15, 0.2) is 5.82 Å². The summed E-state index contributed by atoms with van der Waals surface area (Å²) in [7, 11) is 2.09. The third-order valence-electron chi connectivity index (χ3n) is 5.16. The molecule has 0 amide bonds. The average molecular weight is 375 g/mol. The summed E-state index contributed by atoms with van der Waals surface area (Å²) >= 11 is 6.51. The molecule has 1 saturated heterocycles. The van der Waals surface area contributed by atoms with Crippen LogP contribution in [0.1, 0.15) is 25.3 Å². The van der Waals surface area contributed by atoms with Gasteiger partial charge >= 0.3 is 0 Å². The number of piperidine rings is 1. The molecule has 0 bridgehead atoms. The van der Waals surface area contributed by atoms with E-state index in [-0.39, 0.29) is 6.61 Å². The number of aliphatic hydroxyl groups excluding tert-OH is 1. The molecule has 5 nitrogen and oxygen atoms in total. The van der Waals surface area contributed by atoms with E-state index in [9.17, 15) is 0 Å². The zero-order valence-electron chi connectivity index (χ0n) is 15.5. The van der Waals surface area contributed by atoms with Gasteiger partial charge in [0, 0.05) is 36.8 Å². The molecule has 1 N–H and O–H groups in total. The van der Waals surface area contributed by atoms with Crippen molar-refractivity contribution < 1.29 is 5.11 Å². The largest absolute Gasteiger partial charge is 0.395 e. The molecule has 3 rings (SSSR count). The summed E-state index contributed by atoms with van der Waals surface area (Å²) in [5.74, 6) is 1.65. The quantitative estimate of drug-likeness (QED) is 0.786. The molecule has 1 aliphatic heterocycles. The van der Waals surface area contributed by atoms with Crippen LogP contribution in [-0.2, 0) is 6.42 Å². The van der Waals surface area contributed by atoms with Crippen molar-refractivity contribution >= 4 is 17.4 Å². The molecule has 140 valence electrons. The molecule has 6 heteroatoms. The Morgan fingerprint density at radius 3 is 2.50 bits per heavy atom. The minimum absolute atomic E-state index is 0.207. The summed E-state index contributed by atoms with van der Waals surface area (Å²) in [6, 6.07) is 10.5. The second-order valence-electron chi connectivity index (χ2n) is 6.78.